The molecule has 7 heteroatoms. The minimum absolute atomic E-state index is 0.0350. The van der Waals surface area contributed by atoms with E-state index in [1.165, 1.54) is 24.3 Å². The largest absolute Gasteiger partial charge is 0.504 e. The van der Waals surface area contributed by atoms with Gasteiger partial charge in [0.05, 0.1) is 6.61 Å². The zero-order valence-corrected chi connectivity index (χ0v) is 14.4. The van der Waals surface area contributed by atoms with Crippen molar-refractivity contribution in [2.45, 2.75) is 13.0 Å². The lowest BCUT2D eigenvalue weighted by Gasteiger charge is -2.20. The van der Waals surface area contributed by atoms with Gasteiger partial charge in [-0.1, -0.05) is 25.3 Å². The standard InChI is InChI=1S/C7H11NO2.C6H6O2.C5H9NO/c1-2-6(9)7-5-8-3-4-10-7;7-5-3-1-2-4-6(5)8;1-3-5(7)6-4-2/h2,7-8H,1,3-5H2;1-4,7-8H;3H,1,4H2,2H3,(H,6,7). The molecular weight excluding hydrogens is 324 g/mol. The molecule has 1 unspecified atom stereocenters. The lowest BCUT2D eigenvalue weighted by Crippen LogP contribution is -2.42. The first-order chi connectivity index (χ1) is 12.0. The molecule has 0 radical (unpaired) electrons. The van der Waals surface area contributed by atoms with Crippen LogP contribution in [-0.4, -0.2) is 54.2 Å². The van der Waals surface area contributed by atoms with E-state index in [-0.39, 0.29) is 29.3 Å². The summed E-state index contributed by atoms with van der Waals surface area (Å²) in [6, 6.07) is 6.15. The van der Waals surface area contributed by atoms with Gasteiger partial charge in [0, 0.05) is 19.6 Å². The number of para-hydroxylation sites is 2. The molecule has 1 amide bonds. The van der Waals surface area contributed by atoms with Gasteiger partial charge in [-0.2, -0.15) is 0 Å². The Labute approximate surface area is 148 Å². The number of hydrogen-bond donors (Lipinski definition) is 4. The molecule has 7 nitrogen and oxygen atoms in total. The molecule has 1 saturated heterocycles. The molecule has 1 fully saturated rings. The minimum Gasteiger partial charge on any atom is -0.504 e. The van der Waals surface area contributed by atoms with Crippen molar-refractivity contribution >= 4 is 11.7 Å². The Balaban J connectivity index is 0.000000353. The predicted molar refractivity (Wildman–Crippen MR) is 96.5 cm³/mol. The molecule has 1 atom stereocenters. The maximum atomic E-state index is 10.9. The number of phenols is 2. The van der Waals surface area contributed by atoms with Crippen LogP contribution in [0.15, 0.2) is 49.6 Å². The van der Waals surface area contributed by atoms with Gasteiger partial charge in [0.25, 0.3) is 0 Å². The first kappa shape index (κ1) is 22.4. The molecule has 0 spiro atoms. The van der Waals surface area contributed by atoms with Crippen molar-refractivity contribution in [2.75, 3.05) is 26.2 Å². The highest BCUT2D eigenvalue weighted by atomic mass is 16.5. The number of morpholine rings is 1. The van der Waals surface area contributed by atoms with Gasteiger partial charge in [-0.3, -0.25) is 9.59 Å². The van der Waals surface area contributed by atoms with Gasteiger partial charge >= 0.3 is 0 Å². The number of amides is 1. The zero-order valence-electron chi connectivity index (χ0n) is 14.4. The Bertz CT molecular complexity index is 533. The van der Waals surface area contributed by atoms with Gasteiger partial charge in [0.2, 0.25) is 5.91 Å². The van der Waals surface area contributed by atoms with Crippen molar-refractivity contribution in [1.82, 2.24) is 10.6 Å². The molecular formula is C18H26N2O5. The van der Waals surface area contributed by atoms with Crippen molar-refractivity contribution in [2.24, 2.45) is 0 Å². The highest BCUT2D eigenvalue weighted by Crippen LogP contribution is 2.21. The molecule has 0 saturated carbocycles. The normalized spacial score (nSPS) is 15.3. The third kappa shape index (κ3) is 10.7. The predicted octanol–water partition coefficient (Wildman–Crippen LogP) is 1.14. The summed E-state index contributed by atoms with van der Waals surface area (Å²) in [4.78, 5) is 21.1. The molecule has 0 aliphatic carbocycles. The van der Waals surface area contributed by atoms with Crippen LogP contribution in [0.4, 0.5) is 0 Å². The van der Waals surface area contributed by atoms with Crippen LogP contribution < -0.4 is 10.6 Å². The van der Waals surface area contributed by atoms with Crippen LogP contribution in [-0.2, 0) is 14.3 Å². The van der Waals surface area contributed by atoms with E-state index in [2.05, 4.69) is 23.8 Å². The molecule has 1 aromatic rings. The fraction of sp³-hybridized carbons (Fsp3) is 0.333. The second-order valence-electron chi connectivity index (χ2n) is 4.76. The molecule has 1 aromatic carbocycles. The Morgan fingerprint density at radius 1 is 1.28 bits per heavy atom. The molecule has 0 bridgehead atoms. The molecule has 0 aromatic heterocycles. The van der Waals surface area contributed by atoms with Gasteiger partial charge in [0.15, 0.2) is 17.3 Å². The second kappa shape index (κ2) is 13.8. The summed E-state index contributed by atoms with van der Waals surface area (Å²) in [5.41, 5.74) is 0. The highest BCUT2D eigenvalue weighted by molar-refractivity contribution is 5.93. The van der Waals surface area contributed by atoms with Crippen LogP contribution in [0.2, 0.25) is 0 Å². The summed E-state index contributed by atoms with van der Waals surface area (Å²) >= 11 is 0. The summed E-state index contributed by atoms with van der Waals surface area (Å²) in [7, 11) is 0. The van der Waals surface area contributed by atoms with Crippen molar-refractivity contribution in [3.05, 3.63) is 49.6 Å². The van der Waals surface area contributed by atoms with E-state index in [9.17, 15) is 9.59 Å². The van der Waals surface area contributed by atoms with Crippen molar-refractivity contribution in [3.63, 3.8) is 0 Å². The molecule has 2 rings (SSSR count). The van der Waals surface area contributed by atoms with Gasteiger partial charge < -0.3 is 25.6 Å². The lowest BCUT2D eigenvalue weighted by molar-refractivity contribution is -0.127. The molecule has 4 N–H and O–H groups in total. The maximum absolute atomic E-state index is 10.9. The van der Waals surface area contributed by atoms with Crippen LogP contribution in [0.3, 0.4) is 0 Å². The number of phenolic OH excluding ortho intramolecular Hbond substituents is 2. The average Bonchev–Trinajstić information content (AvgIpc) is 2.65. The number of rotatable bonds is 4. The number of nitrogens with one attached hydrogen (secondary N) is 2. The SMILES string of the molecule is C=CC(=O)C1CNCCO1.C=CC(=O)NCC.Oc1ccccc1O. The Morgan fingerprint density at radius 3 is 2.20 bits per heavy atom. The third-order valence-electron chi connectivity index (χ3n) is 2.86. The zero-order chi connectivity index (χ0) is 19.1. The molecule has 1 aliphatic rings. The van der Waals surface area contributed by atoms with Crippen molar-refractivity contribution in [1.29, 1.82) is 0 Å². The minimum atomic E-state index is -0.300. The number of ketones is 1. The lowest BCUT2D eigenvalue weighted by atomic mass is 10.2. The second-order valence-corrected chi connectivity index (χ2v) is 4.76. The van der Waals surface area contributed by atoms with E-state index in [1.54, 1.807) is 12.1 Å². The number of carbonyl (C=O) groups excluding carboxylic acids is 2. The number of likely N-dealkylation sites (N-methyl/N-ethyl adjacent to an activating group) is 1. The maximum Gasteiger partial charge on any atom is 0.243 e. The fourth-order valence-corrected chi connectivity index (χ4v) is 1.59. The van der Waals surface area contributed by atoms with E-state index in [4.69, 9.17) is 14.9 Å². The number of benzene rings is 1. The number of ether oxygens (including phenoxy) is 1. The van der Waals surface area contributed by atoms with Gasteiger partial charge in [-0.15, -0.1) is 0 Å². The van der Waals surface area contributed by atoms with E-state index in [0.717, 1.165) is 6.54 Å². The summed E-state index contributed by atoms with van der Waals surface area (Å²) < 4.78 is 5.15. The first-order valence-corrected chi connectivity index (χ1v) is 7.82. The van der Waals surface area contributed by atoms with Crippen LogP contribution in [0.5, 0.6) is 11.5 Å². The summed E-state index contributed by atoms with van der Waals surface area (Å²) in [6.07, 6.45) is 2.26. The van der Waals surface area contributed by atoms with Crippen molar-refractivity contribution < 1.29 is 24.5 Å². The number of aromatic hydroxyl groups is 2. The van der Waals surface area contributed by atoms with Gasteiger partial charge in [0.1, 0.15) is 6.10 Å². The van der Waals surface area contributed by atoms with E-state index < -0.39 is 0 Å². The Morgan fingerprint density at radius 2 is 1.88 bits per heavy atom. The van der Waals surface area contributed by atoms with Crippen LogP contribution in [0, 0.1) is 0 Å². The molecule has 1 heterocycles. The smallest absolute Gasteiger partial charge is 0.243 e. The summed E-state index contributed by atoms with van der Waals surface area (Å²) in [5.74, 6) is -0.297. The summed E-state index contributed by atoms with van der Waals surface area (Å²) in [6.45, 7) is 11.2. The van der Waals surface area contributed by atoms with Crippen LogP contribution in [0.1, 0.15) is 6.92 Å². The molecule has 25 heavy (non-hydrogen) atoms. The van der Waals surface area contributed by atoms with Gasteiger partial charge in [-0.05, 0) is 31.2 Å². The van der Waals surface area contributed by atoms with Crippen LogP contribution >= 0.6 is 0 Å². The van der Waals surface area contributed by atoms with E-state index in [1.807, 2.05) is 6.92 Å². The van der Waals surface area contributed by atoms with E-state index >= 15 is 0 Å². The van der Waals surface area contributed by atoms with Gasteiger partial charge in [-0.25, -0.2) is 0 Å². The first-order valence-electron chi connectivity index (χ1n) is 7.82. The Hall–Kier alpha value is -2.64. The fourth-order valence-electron chi connectivity index (χ4n) is 1.59. The number of hydrogen-bond acceptors (Lipinski definition) is 6. The average molecular weight is 350 g/mol. The van der Waals surface area contributed by atoms with Crippen LogP contribution in [0.25, 0.3) is 0 Å². The number of carbonyl (C=O) groups is 2. The highest BCUT2D eigenvalue weighted by Gasteiger charge is 2.18. The topological polar surface area (TPSA) is 108 Å². The van der Waals surface area contributed by atoms with Crippen molar-refractivity contribution in [3.8, 4) is 11.5 Å². The molecule has 1 aliphatic heterocycles. The quantitative estimate of drug-likeness (QED) is 0.479. The monoisotopic (exact) mass is 350 g/mol. The third-order valence-corrected chi connectivity index (χ3v) is 2.86. The van der Waals surface area contributed by atoms with E-state index in [0.29, 0.717) is 19.7 Å². The Kier molecular flexibility index (Phi) is 12.3. The summed E-state index contributed by atoms with van der Waals surface area (Å²) in [5, 5.41) is 22.9. The molecule has 138 valence electrons.